The lowest BCUT2D eigenvalue weighted by Crippen LogP contribution is -2.21. The molecule has 1 aromatic heterocycles. The summed E-state index contributed by atoms with van der Waals surface area (Å²) in [4.78, 5) is 11.8. The van der Waals surface area contributed by atoms with E-state index in [9.17, 15) is 13.2 Å². The predicted molar refractivity (Wildman–Crippen MR) is 89.4 cm³/mol. The second-order valence-electron chi connectivity index (χ2n) is 4.69. The number of hydrogen-bond donors (Lipinski definition) is 2. The number of rotatable bonds is 5. The largest absolute Gasteiger partial charge is 0.379 e. The molecule has 2 aromatic rings. The molecule has 1 heterocycles. The van der Waals surface area contributed by atoms with Crippen LogP contribution in [0.1, 0.15) is 5.56 Å². The Morgan fingerprint density at radius 2 is 1.95 bits per heavy atom. The topological polar surface area (TPSA) is 93.1 Å². The molecule has 118 valence electrons. The standard InChI is InChI=1S/C13H15BrN4O3S/c1-18-13(19)12(14)11(8-16-18)15-7-9-5-3-4-6-10(9)17-22(2,20)21/h3-6,8,15,17H,7H2,1-2H3. The van der Waals surface area contributed by atoms with Crippen LogP contribution in [0.2, 0.25) is 0 Å². The molecule has 0 atom stereocenters. The minimum Gasteiger partial charge on any atom is -0.379 e. The Bertz CT molecular complexity index is 849. The summed E-state index contributed by atoms with van der Waals surface area (Å²) in [6.07, 6.45) is 2.62. The molecule has 0 aliphatic carbocycles. The monoisotopic (exact) mass is 386 g/mol. The first kappa shape index (κ1) is 16.5. The third-order valence-electron chi connectivity index (χ3n) is 2.86. The highest BCUT2D eigenvalue weighted by Crippen LogP contribution is 2.20. The molecule has 0 fully saturated rings. The minimum atomic E-state index is -3.36. The molecule has 0 amide bonds. The van der Waals surface area contributed by atoms with Crippen molar-refractivity contribution in [1.29, 1.82) is 0 Å². The molecule has 0 aliphatic rings. The molecule has 0 spiro atoms. The molecule has 0 radical (unpaired) electrons. The third-order valence-corrected chi connectivity index (χ3v) is 4.22. The fraction of sp³-hybridized carbons (Fsp3) is 0.231. The summed E-state index contributed by atoms with van der Waals surface area (Å²) in [5.74, 6) is 0. The average molecular weight is 387 g/mol. The molecular formula is C13H15BrN4O3S. The summed E-state index contributed by atoms with van der Waals surface area (Å²) >= 11 is 3.22. The first-order chi connectivity index (χ1) is 10.3. The van der Waals surface area contributed by atoms with Crippen molar-refractivity contribution < 1.29 is 8.42 Å². The van der Waals surface area contributed by atoms with Gasteiger partial charge in [0.2, 0.25) is 10.0 Å². The summed E-state index contributed by atoms with van der Waals surface area (Å²) in [6, 6.07) is 7.02. The molecule has 0 saturated heterocycles. The number of hydrogen-bond acceptors (Lipinski definition) is 5. The van der Waals surface area contributed by atoms with Crippen molar-refractivity contribution in [3.05, 3.63) is 50.9 Å². The van der Waals surface area contributed by atoms with Crippen LogP contribution in [0, 0.1) is 0 Å². The lowest BCUT2D eigenvalue weighted by molar-refractivity contribution is 0.606. The van der Waals surface area contributed by atoms with Crippen molar-refractivity contribution in [3.63, 3.8) is 0 Å². The Kier molecular flexibility index (Phi) is 4.87. The zero-order valence-corrected chi connectivity index (χ0v) is 14.4. The maximum absolute atomic E-state index is 11.8. The molecule has 2 rings (SSSR count). The van der Waals surface area contributed by atoms with Gasteiger partial charge >= 0.3 is 0 Å². The van der Waals surface area contributed by atoms with Crippen molar-refractivity contribution in [2.45, 2.75) is 6.54 Å². The zero-order chi connectivity index (χ0) is 16.3. The van der Waals surface area contributed by atoms with Crippen LogP contribution in [-0.2, 0) is 23.6 Å². The van der Waals surface area contributed by atoms with Gasteiger partial charge in [0.1, 0.15) is 4.47 Å². The molecule has 9 heteroatoms. The van der Waals surface area contributed by atoms with E-state index in [0.717, 1.165) is 11.8 Å². The van der Waals surface area contributed by atoms with Crippen LogP contribution < -0.4 is 15.6 Å². The van der Waals surface area contributed by atoms with Gasteiger partial charge in [-0.15, -0.1) is 0 Å². The molecular weight excluding hydrogens is 372 g/mol. The summed E-state index contributed by atoms with van der Waals surface area (Å²) in [5, 5.41) is 7.00. The van der Waals surface area contributed by atoms with E-state index in [1.807, 2.05) is 6.07 Å². The van der Waals surface area contributed by atoms with Crippen molar-refractivity contribution in [2.24, 2.45) is 7.05 Å². The number of halogens is 1. The number of sulfonamides is 1. The molecule has 1 aromatic carbocycles. The van der Waals surface area contributed by atoms with Crippen LogP contribution in [0.5, 0.6) is 0 Å². The average Bonchev–Trinajstić information content (AvgIpc) is 2.44. The first-order valence-corrected chi connectivity index (χ1v) is 8.98. The lowest BCUT2D eigenvalue weighted by atomic mass is 10.2. The number of nitrogens with one attached hydrogen (secondary N) is 2. The van der Waals surface area contributed by atoms with Gasteiger partial charge in [-0.25, -0.2) is 13.1 Å². The normalized spacial score (nSPS) is 11.2. The van der Waals surface area contributed by atoms with Gasteiger partial charge in [-0.1, -0.05) is 18.2 Å². The molecule has 7 nitrogen and oxygen atoms in total. The Balaban J connectivity index is 2.23. The molecule has 0 bridgehead atoms. The van der Waals surface area contributed by atoms with Gasteiger partial charge in [0.15, 0.2) is 0 Å². The molecule has 22 heavy (non-hydrogen) atoms. The molecule has 0 saturated carbocycles. The van der Waals surface area contributed by atoms with E-state index in [4.69, 9.17) is 0 Å². The Labute approximate surface area is 136 Å². The van der Waals surface area contributed by atoms with Crippen LogP contribution in [0.15, 0.2) is 39.7 Å². The zero-order valence-electron chi connectivity index (χ0n) is 12.0. The molecule has 2 N–H and O–H groups in total. The quantitative estimate of drug-likeness (QED) is 0.812. The van der Waals surface area contributed by atoms with E-state index >= 15 is 0 Å². The van der Waals surface area contributed by atoms with Crippen LogP contribution >= 0.6 is 15.9 Å². The smallest absolute Gasteiger partial charge is 0.282 e. The maximum Gasteiger partial charge on any atom is 0.282 e. The summed E-state index contributed by atoms with van der Waals surface area (Å²) in [7, 11) is -1.80. The van der Waals surface area contributed by atoms with Crippen LogP contribution in [-0.4, -0.2) is 24.5 Å². The highest BCUT2D eigenvalue weighted by atomic mass is 79.9. The fourth-order valence-corrected chi connectivity index (χ4v) is 2.90. The highest BCUT2D eigenvalue weighted by Gasteiger charge is 2.09. The van der Waals surface area contributed by atoms with Gasteiger partial charge in [-0.05, 0) is 27.6 Å². The molecule has 0 aliphatic heterocycles. The Morgan fingerprint density at radius 1 is 1.27 bits per heavy atom. The predicted octanol–water partition coefficient (Wildman–Crippen LogP) is 1.53. The van der Waals surface area contributed by atoms with Crippen molar-refractivity contribution >= 4 is 37.3 Å². The van der Waals surface area contributed by atoms with E-state index < -0.39 is 10.0 Å². The van der Waals surface area contributed by atoms with E-state index in [0.29, 0.717) is 22.4 Å². The number of para-hydroxylation sites is 1. The van der Waals surface area contributed by atoms with Crippen molar-refractivity contribution in [3.8, 4) is 0 Å². The maximum atomic E-state index is 11.8. The van der Waals surface area contributed by atoms with E-state index in [1.54, 1.807) is 25.2 Å². The summed E-state index contributed by atoms with van der Waals surface area (Å²) < 4.78 is 26.8. The summed E-state index contributed by atoms with van der Waals surface area (Å²) in [5.41, 5.74) is 1.52. The Morgan fingerprint density at radius 3 is 2.64 bits per heavy atom. The third kappa shape index (κ3) is 4.08. The van der Waals surface area contributed by atoms with Gasteiger partial charge in [0.25, 0.3) is 5.56 Å². The number of aromatic nitrogens is 2. The minimum absolute atomic E-state index is 0.257. The SMILES string of the molecule is Cn1ncc(NCc2ccccc2NS(C)(=O)=O)c(Br)c1=O. The van der Waals surface area contributed by atoms with E-state index in [2.05, 4.69) is 31.1 Å². The van der Waals surface area contributed by atoms with Gasteiger partial charge in [-0.2, -0.15) is 5.10 Å². The van der Waals surface area contributed by atoms with Gasteiger partial charge in [-0.3, -0.25) is 9.52 Å². The van der Waals surface area contributed by atoms with E-state index in [1.165, 1.54) is 10.9 Å². The van der Waals surface area contributed by atoms with Crippen LogP contribution in [0.25, 0.3) is 0 Å². The first-order valence-electron chi connectivity index (χ1n) is 6.29. The number of nitrogens with zero attached hydrogens (tertiary/aromatic N) is 2. The van der Waals surface area contributed by atoms with E-state index in [-0.39, 0.29) is 5.56 Å². The number of benzene rings is 1. The van der Waals surface area contributed by atoms with Crippen molar-refractivity contribution in [1.82, 2.24) is 9.78 Å². The Hall–Kier alpha value is -1.87. The lowest BCUT2D eigenvalue weighted by Gasteiger charge is -2.13. The summed E-state index contributed by atoms with van der Waals surface area (Å²) in [6.45, 7) is 0.339. The van der Waals surface area contributed by atoms with Gasteiger partial charge in [0.05, 0.1) is 23.8 Å². The second-order valence-corrected chi connectivity index (χ2v) is 7.23. The van der Waals surface area contributed by atoms with Crippen molar-refractivity contribution in [2.75, 3.05) is 16.3 Å². The number of anilines is 2. The highest BCUT2D eigenvalue weighted by molar-refractivity contribution is 9.10. The fourth-order valence-electron chi connectivity index (χ4n) is 1.80. The molecule has 0 unspecified atom stereocenters. The van der Waals surface area contributed by atoms with Gasteiger partial charge < -0.3 is 5.32 Å². The second kappa shape index (κ2) is 6.49. The van der Waals surface area contributed by atoms with Crippen LogP contribution in [0.3, 0.4) is 0 Å². The van der Waals surface area contributed by atoms with Crippen LogP contribution in [0.4, 0.5) is 11.4 Å². The van der Waals surface area contributed by atoms with Gasteiger partial charge in [0, 0.05) is 13.6 Å². The number of aryl methyl sites for hydroxylation is 1.